The summed E-state index contributed by atoms with van der Waals surface area (Å²) in [6.07, 6.45) is 0.990. The molecule has 4 heteroatoms. The minimum absolute atomic E-state index is 0.238. The van der Waals surface area contributed by atoms with E-state index in [1.54, 1.807) is 6.07 Å². The number of alkyl halides is 1. The summed E-state index contributed by atoms with van der Waals surface area (Å²) >= 11 is 3.51. The van der Waals surface area contributed by atoms with Crippen molar-refractivity contribution >= 4 is 21.8 Å². The fraction of sp³-hybridized carbons (Fsp3) is 0.462. The van der Waals surface area contributed by atoms with Crippen LogP contribution >= 0.6 is 15.9 Å². The molecule has 0 spiro atoms. The molecule has 0 heterocycles. The fourth-order valence-electron chi connectivity index (χ4n) is 1.53. The molecule has 1 atom stereocenters. The van der Waals surface area contributed by atoms with E-state index in [1.165, 1.54) is 18.2 Å². The summed E-state index contributed by atoms with van der Waals surface area (Å²) in [5.41, 5.74) is 0.356. The van der Waals surface area contributed by atoms with Crippen molar-refractivity contribution in [2.45, 2.75) is 25.1 Å². The first-order valence-electron chi connectivity index (χ1n) is 5.67. The van der Waals surface area contributed by atoms with E-state index in [2.05, 4.69) is 35.1 Å². The van der Waals surface area contributed by atoms with Gasteiger partial charge in [0.05, 0.1) is 0 Å². The number of hydrogen-bond acceptors (Lipinski definition) is 1. The summed E-state index contributed by atoms with van der Waals surface area (Å²) in [6, 6.07) is 5.69. The second-order valence-corrected chi connectivity index (χ2v) is 5.74. The molecular weight excluding hydrogens is 285 g/mol. The van der Waals surface area contributed by atoms with Crippen molar-refractivity contribution in [3.63, 3.8) is 0 Å². The minimum atomic E-state index is -0.393. The summed E-state index contributed by atoms with van der Waals surface area (Å²) in [7, 11) is 0. The molecule has 0 aliphatic rings. The molecule has 1 aromatic rings. The molecule has 1 aromatic carbocycles. The molecular formula is C13H17BrFNO. The van der Waals surface area contributed by atoms with Gasteiger partial charge in [0.15, 0.2) is 0 Å². The van der Waals surface area contributed by atoms with Crippen LogP contribution in [-0.4, -0.2) is 17.3 Å². The second-order valence-electron chi connectivity index (χ2n) is 4.45. The van der Waals surface area contributed by atoms with Crippen molar-refractivity contribution in [1.29, 1.82) is 0 Å². The van der Waals surface area contributed by atoms with Gasteiger partial charge in [-0.2, -0.15) is 0 Å². The molecule has 1 unspecified atom stereocenters. The molecule has 0 fully saturated rings. The van der Waals surface area contributed by atoms with Crippen LogP contribution in [0.2, 0.25) is 0 Å². The Morgan fingerprint density at radius 2 is 2.18 bits per heavy atom. The summed E-state index contributed by atoms with van der Waals surface area (Å²) in [5.74, 6) is -0.0571. The Morgan fingerprint density at radius 3 is 2.76 bits per heavy atom. The van der Waals surface area contributed by atoms with Gasteiger partial charge in [-0.1, -0.05) is 35.8 Å². The molecule has 0 bridgehead atoms. The Hall–Kier alpha value is -0.900. The Bertz CT molecular complexity index is 381. The summed E-state index contributed by atoms with van der Waals surface area (Å²) in [6.45, 7) is 4.80. The predicted octanol–water partition coefficient (Wildman–Crippen LogP) is 3.37. The van der Waals surface area contributed by atoms with Gasteiger partial charge in [0.25, 0.3) is 5.91 Å². The van der Waals surface area contributed by atoms with Crippen molar-refractivity contribution in [1.82, 2.24) is 5.32 Å². The number of carbonyl (C=O) groups excluding carboxylic acids is 1. The van der Waals surface area contributed by atoms with E-state index >= 15 is 0 Å². The van der Waals surface area contributed by atoms with E-state index in [0.29, 0.717) is 18.0 Å². The van der Waals surface area contributed by atoms with Gasteiger partial charge >= 0.3 is 0 Å². The fourth-order valence-corrected chi connectivity index (χ4v) is 2.44. The van der Waals surface area contributed by atoms with Crippen LogP contribution in [0.5, 0.6) is 0 Å². The zero-order chi connectivity index (χ0) is 12.8. The molecule has 0 saturated heterocycles. The van der Waals surface area contributed by atoms with Crippen LogP contribution in [0.15, 0.2) is 24.3 Å². The van der Waals surface area contributed by atoms with Crippen LogP contribution < -0.4 is 5.32 Å². The lowest BCUT2D eigenvalue weighted by Gasteiger charge is -2.13. The van der Waals surface area contributed by atoms with Crippen molar-refractivity contribution < 1.29 is 9.18 Å². The zero-order valence-corrected chi connectivity index (χ0v) is 11.6. The molecule has 0 aliphatic heterocycles. The van der Waals surface area contributed by atoms with Gasteiger partial charge in [0.1, 0.15) is 5.82 Å². The smallest absolute Gasteiger partial charge is 0.251 e. The van der Waals surface area contributed by atoms with Gasteiger partial charge in [-0.3, -0.25) is 4.79 Å². The zero-order valence-electron chi connectivity index (χ0n) is 10.0. The highest BCUT2D eigenvalue weighted by Crippen LogP contribution is 2.12. The van der Waals surface area contributed by atoms with E-state index in [1.807, 2.05) is 0 Å². The first kappa shape index (κ1) is 14.2. The van der Waals surface area contributed by atoms with Crippen LogP contribution in [0.25, 0.3) is 0 Å². The third-order valence-corrected chi connectivity index (χ3v) is 3.00. The number of nitrogens with one attached hydrogen (secondary N) is 1. The van der Waals surface area contributed by atoms with Crippen molar-refractivity contribution in [3.05, 3.63) is 35.6 Å². The van der Waals surface area contributed by atoms with Crippen LogP contribution in [0.3, 0.4) is 0 Å². The van der Waals surface area contributed by atoms with E-state index in [9.17, 15) is 9.18 Å². The molecule has 2 nitrogen and oxygen atoms in total. The van der Waals surface area contributed by atoms with E-state index in [-0.39, 0.29) is 10.7 Å². The summed E-state index contributed by atoms with van der Waals surface area (Å²) in [4.78, 5) is 11.9. The molecule has 94 valence electrons. The predicted molar refractivity (Wildman–Crippen MR) is 70.9 cm³/mol. The van der Waals surface area contributed by atoms with Crippen LogP contribution in [0.1, 0.15) is 30.6 Å². The highest BCUT2D eigenvalue weighted by atomic mass is 79.9. The molecule has 0 aromatic heterocycles. The first-order chi connectivity index (χ1) is 7.99. The van der Waals surface area contributed by atoms with Gasteiger partial charge in [-0.05, 0) is 30.5 Å². The second kappa shape index (κ2) is 6.74. The number of benzene rings is 1. The molecule has 1 N–H and O–H groups in total. The van der Waals surface area contributed by atoms with E-state index in [0.717, 1.165) is 6.42 Å². The quantitative estimate of drug-likeness (QED) is 0.830. The van der Waals surface area contributed by atoms with Crippen LogP contribution in [-0.2, 0) is 0 Å². The average molecular weight is 302 g/mol. The maximum Gasteiger partial charge on any atom is 0.251 e. The third-order valence-electron chi connectivity index (χ3n) is 2.30. The number of carbonyl (C=O) groups is 1. The summed E-state index contributed by atoms with van der Waals surface area (Å²) in [5, 5.41) is 2.78. The number of hydrogen-bond donors (Lipinski definition) is 1. The van der Waals surface area contributed by atoms with Gasteiger partial charge in [-0.25, -0.2) is 4.39 Å². The first-order valence-corrected chi connectivity index (χ1v) is 6.58. The van der Waals surface area contributed by atoms with Crippen molar-refractivity contribution in [2.24, 2.45) is 5.92 Å². The normalized spacial score (nSPS) is 12.5. The lowest BCUT2D eigenvalue weighted by Crippen LogP contribution is -2.30. The van der Waals surface area contributed by atoms with E-state index in [4.69, 9.17) is 0 Å². The lowest BCUT2D eigenvalue weighted by molar-refractivity contribution is 0.0953. The number of rotatable bonds is 5. The average Bonchev–Trinajstić information content (AvgIpc) is 2.25. The third kappa shape index (κ3) is 5.31. The Balaban J connectivity index is 2.45. The Labute approximate surface area is 110 Å². The minimum Gasteiger partial charge on any atom is -0.351 e. The highest BCUT2D eigenvalue weighted by molar-refractivity contribution is 9.09. The van der Waals surface area contributed by atoms with Gasteiger partial charge in [0, 0.05) is 16.9 Å². The van der Waals surface area contributed by atoms with Crippen LogP contribution in [0.4, 0.5) is 4.39 Å². The number of halogens is 2. The molecule has 1 amide bonds. The molecule has 0 radical (unpaired) electrons. The maximum atomic E-state index is 12.9. The maximum absolute atomic E-state index is 12.9. The topological polar surface area (TPSA) is 29.1 Å². The standard InChI is InChI=1S/C13H17BrFNO/c1-9(2)6-11(14)8-16-13(17)10-4-3-5-12(15)7-10/h3-5,7,9,11H,6,8H2,1-2H3,(H,16,17). The Morgan fingerprint density at radius 1 is 1.47 bits per heavy atom. The molecule has 0 saturated carbocycles. The lowest BCUT2D eigenvalue weighted by atomic mass is 10.1. The van der Waals surface area contributed by atoms with Gasteiger partial charge in [-0.15, -0.1) is 0 Å². The molecule has 17 heavy (non-hydrogen) atoms. The monoisotopic (exact) mass is 301 g/mol. The highest BCUT2D eigenvalue weighted by Gasteiger charge is 2.10. The SMILES string of the molecule is CC(C)CC(Br)CNC(=O)c1cccc(F)c1. The van der Waals surface area contributed by atoms with Gasteiger partial charge < -0.3 is 5.32 Å². The van der Waals surface area contributed by atoms with Crippen molar-refractivity contribution in [2.75, 3.05) is 6.54 Å². The van der Waals surface area contributed by atoms with Gasteiger partial charge in [0.2, 0.25) is 0 Å². The summed E-state index contributed by atoms with van der Waals surface area (Å²) < 4.78 is 12.9. The van der Waals surface area contributed by atoms with E-state index < -0.39 is 5.82 Å². The van der Waals surface area contributed by atoms with Crippen molar-refractivity contribution in [3.8, 4) is 0 Å². The van der Waals surface area contributed by atoms with Crippen LogP contribution in [0, 0.1) is 11.7 Å². The Kier molecular flexibility index (Phi) is 5.62. The number of amides is 1. The molecule has 1 rings (SSSR count). The molecule has 0 aliphatic carbocycles. The largest absolute Gasteiger partial charge is 0.351 e.